The summed E-state index contributed by atoms with van der Waals surface area (Å²) in [5.74, 6) is 0.274. The second-order valence-electron chi connectivity index (χ2n) is 6.40. The summed E-state index contributed by atoms with van der Waals surface area (Å²) >= 11 is 0. The van der Waals surface area contributed by atoms with Gasteiger partial charge in [-0.1, -0.05) is 72.8 Å². The molecule has 0 radical (unpaired) electrons. The molecule has 1 unspecified atom stereocenters. The van der Waals surface area contributed by atoms with E-state index in [1.165, 1.54) is 0 Å². The smallest absolute Gasteiger partial charge is 0.216 e. The van der Waals surface area contributed by atoms with Crippen LogP contribution in [0.2, 0.25) is 0 Å². The van der Waals surface area contributed by atoms with Gasteiger partial charge in [-0.05, 0) is 35.7 Å². The minimum absolute atomic E-state index is 0.0691. The van der Waals surface area contributed by atoms with Crippen molar-refractivity contribution in [3.8, 4) is 5.75 Å². The van der Waals surface area contributed by atoms with Crippen LogP contribution in [0, 0.1) is 5.21 Å². The molecule has 0 fully saturated rings. The molecule has 0 heterocycles. The number of hydrogen-bond donors (Lipinski definition) is 0. The van der Waals surface area contributed by atoms with Crippen LogP contribution in [0.3, 0.4) is 0 Å². The summed E-state index contributed by atoms with van der Waals surface area (Å²) in [6.45, 7) is 2.22. The molecule has 0 saturated heterocycles. The number of carbonyl (C=O) groups is 1. The lowest BCUT2D eigenvalue weighted by Gasteiger charge is -2.35. The molecular weight excluding hydrogens is 338 g/mol. The van der Waals surface area contributed by atoms with Gasteiger partial charge < -0.3 is 15.0 Å². The van der Waals surface area contributed by atoms with E-state index in [4.69, 9.17) is 4.74 Å². The highest BCUT2D eigenvalue weighted by molar-refractivity contribution is 5.79. The molecule has 0 aliphatic heterocycles. The molecule has 0 aromatic heterocycles. The van der Waals surface area contributed by atoms with Gasteiger partial charge in [0, 0.05) is 6.04 Å². The molecule has 0 saturated carbocycles. The van der Waals surface area contributed by atoms with E-state index in [9.17, 15) is 10.0 Å². The predicted octanol–water partition coefficient (Wildman–Crippen LogP) is 4.90. The molecule has 0 aliphatic carbocycles. The van der Waals surface area contributed by atoms with E-state index in [1.807, 2.05) is 84.9 Å². The SMILES string of the molecule is CC(c1ccccc1)N([O-])C(=O)Cc1ccc(OCc2ccccc2)cc1. The molecule has 3 aromatic carbocycles. The summed E-state index contributed by atoms with van der Waals surface area (Å²) < 4.78 is 5.74. The zero-order valence-corrected chi connectivity index (χ0v) is 15.2. The van der Waals surface area contributed by atoms with E-state index >= 15 is 0 Å². The van der Waals surface area contributed by atoms with E-state index in [0.717, 1.165) is 22.4 Å². The van der Waals surface area contributed by atoms with Crippen LogP contribution in [0.4, 0.5) is 0 Å². The van der Waals surface area contributed by atoms with E-state index in [2.05, 4.69) is 0 Å². The van der Waals surface area contributed by atoms with Gasteiger partial charge >= 0.3 is 0 Å². The summed E-state index contributed by atoms with van der Waals surface area (Å²) in [5, 5.41) is 12.9. The quantitative estimate of drug-likeness (QED) is 0.563. The molecular formula is C23H22NO3-. The van der Waals surface area contributed by atoms with Gasteiger partial charge in [-0.15, -0.1) is 0 Å². The fourth-order valence-corrected chi connectivity index (χ4v) is 2.78. The lowest BCUT2D eigenvalue weighted by atomic mass is 10.1. The maximum atomic E-state index is 12.3. The third-order valence-corrected chi connectivity index (χ3v) is 4.41. The van der Waals surface area contributed by atoms with Crippen molar-refractivity contribution < 1.29 is 9.53 Å². The lowest BCUT2D eigenvalue weighted by molar-refractivity contribution is -0.129. The van der Waals surface area contributed by atoms with Crippen molar-refractivity contribution in [2.24, 2.45) is 0 Å². The zero-order valence-electron chi connectivity index (χ0n) is 15.2. The standard InChI is InChI=1S/C23H22NO3/c1-18(21-10-6-3-7-11-21)24(26)23(25)16-19-12-14-22(15-13-19)27-17-20-8-4-2-5-9-20/h2-15,18H,16-17H2,1H3/q-1. The van der Waals surface area contributed by atoms with E-state index < -0.39 is 11.9 Å². The first kappa shape index (κ1) is 18.7. The van der Waals surface area contributed by atoms with E-state index in [1.54, 1.807) is 6.92 Å². The Kier molecular flexibility index (Phi) is 6.23. The van der Waals surface area contributed by atoms with Crippen LogP contribution in [0.15, 0.2) is 84.9 Å². The van der Waals surface area contributed by atoms with Gasteiger partial charge in [-0.3, -0.25) is 4.79 Å². The monoisotopic (exact) mass is 360 g/mol. The summed E-state index contributed by atoms with van der Waals surface area (Å²) in [4.78, 5) is 12.3. The molecule has 0 spiro atoms. The first-order valence-corrected chi connectivity index (χ1v) is 8.93. The molecule has 4 heteroatoms. The summed E-state index contributed by atoms with van der Waals surface area (Å²) in [5.41, 5.74) is 2.70. The van der Waals surface area contributed by atoms with Gasteiger partial charge in [0.15, 0.2) is 0 Å². The van der Waals surface area contributed by atoms with Crippen molar-refractivity contribution in [1.82, 2.24) is 5.06 Å². The van der Waals surface area contributed by atoms with Crippen LogP contribution >= 0.6 is 0 Å². The van der Waals surface area contributed by atoms with Crippen LogP contribution in [0.25, 0.3) is 0 Å². The molecule has 0 aliphatic rings. The Labute approximate surface area is 159 Å². The maximum absolute atomic E-state index is 12.3. The van der Waals surface area contributed by atoms with Gasteiger partial charge in [-0.2, -0.15) is 0 Å². The number of ether oxygens (including phenoxy) is 1. The first-order valence-electron chi connectivity index (χ1n) is 8.93. The Hall–Kier alpha value is -3.11. The topological polar surface area (TPSA) is 52.6 Å². The predicted molar refractivity (Wildman–Crippen MR) is 106 cm³/mol. The Morgan fingerprint density at radius 3 is 2.11 bits per heavy atom. The first-order chi connectivity index (χ1) is 13.1. The van der Waals surface area contributed by atoms with Gasteiger partial charge in [0.25, 0.3) is 0 Å². The molecule has 1 atom stereocenters. The van der Waals surface area contributed by atoms with Gasteiger partial charge in [0.05, 0.1) is 6.42 Å². The minimum atomic E-state index is -0.507. The fraction of sp³-hybridized carbons (Fsp3) is 0.174. The van der Waals surface area contributed by atoms with E-state index in [-0.39, 0.29) is 6.42 Å². The van der Waals surface area contributed by atoms with Crippen LogP contribution in [-0.4, -0.2) is 11.0 Å². The van der Waals surface area contributed by atoms with Crippen molar-refractivity contribution >= 4 is 5.91 Å². The summed E-state index contributed by atoms with van der Waals surface area (Å²) in [7, 11) is 0. The third-order valence-electron chi connectivity index (χ3n) is 4.41. The van der Waals surface area contributed by atoms with Crippen LogP contribution in [-0.2, 0) is 17.8 Å². The Morgan fingerprint density at radius 1 is 0.889 bits per heavy atom. The highest BCUT2D eigenvalue weighted by Gasteiger charge is 2.13. The van der Waals surface area contributed by atoms with Crippen molar-refractivity contribution in [2.75, 3.05) is 0 Å². The molecule has 3 aromatic rings. The number of amides is 1. The molecule has 3 rings (SSSR count). The normalized spacial score (nSPS) is 11.6. The van der Waals surface area contributed by atoms with Crippen molar-refractivity contribution in [1.29, 1.82) is 0 Å². The van der Waals surface area contributed by atoms with E-state index in [0.29, 0.717) is 11.7 Å². The van der Waals surface area contributed by atoms with Crippen molar-refractivity contribution in [2.45, 2.75) is 26.0 Å². The van der Waals surface area contributed by atoms with Crippen molar-refractivity contribution in [3.63, 3.8) is 0 Å². The highest BCUT2D eigenvalue weighted by Crippen LogP contribution is 2.20. The largest absolute Gasteiger partial charge is 0.756 e. The number of carbonyl (C=O) groups excluding carboxylic acids is 1. The summed E-state index contributed by atoms with van der Waals surface area (Å²) in [6, 6.07) is 26.0. The Balaban J connectivity index is 1.55. The molecule has 1 amide bonds. The number of benzene rings is 3. The molecule has 0 N–H and O–H groups in total. The van der Waals surface area contributed by atoms with Crippen LogP contribution in [0.1, 0.15) is 29.7 Å². The average Bonchev–Trinajstić information content (AvgIpc) is 2.73. The van der Waals surface area contributed by atoms with Gasteiger partial charge in [-0.25, -0.2) is 0 Å². The zero-order chi connectivity index (χ0) is 19.1. The Morgan fingerprint density at radius 2 is 1.48 bits per heavy atom. The van der Waals surface area contributed by atoms with Gasteiger partial charge in [0.1, 0.15) is 12.4 Å². The third kappa shape index (κ3) is 5.19. The lowest BCUT2D eigenvalue weighted by Crippen LogP contribution is -2.29. The highest BCUT2D eigenvalue weighted by atomic mass is 16.5. The second kappa shape index (κ2) is 9.01. The molecule has 27 heavy (non-hydrogen) atoms. The van der Waals surface area contributed by atoms with Gasteiger partial charge in [0.2, 0.25) is 5.91 Å². The number of hydrogen-bond acceptors (Lipinski definition) is 3. The maximum Gasteiger partial charge on any atom is 0.216 e. The minimum Gasteiger partial charge on any atom is -0.756 e. The molecule has 4 nitrogen and oxygen atoms in total. The van der Waals surface area contributed by atoms with Crippen LogP contribution in [0.5, 0.6) is 5.75 Å². The number of hydroxylamine groups is 2. The Bertz CT molecular complexity index is 848. The number of rotatable bonds is 7. The molecule has 138 valence electrons. The second-order valence-corrected chi connectivity index (χ2v) is 6.40. The average molecular weight is 360 g/mol. The number of nitrogens with zero attached hydrogens (tertiary/aromatic N) is 1. The molecule has 0 bridgehead atoms. The summed E-state index contributed by atoms with van der Waals surface area (Å²) in [6.07, 6.45) is 0.0691. The van der Waals surface area contributed by atoms with Crippen LogP contribution < -0.4 is 4.74 Å². The fourth-order valence-electron chi connectivity index (χ4n) is 2.78. The van der Waals surface area contributed by atoms with Crippen molar-refractivity contribution in [3.05, 3.63) is 107 Å².